The van der Waals surface area contributed by atoms with Crippen LogP contribution in [-0.2, 0) is 0 Å². The molecule has 0 spiro atoms. The van der Waals surface area contributed by atoms with Crippen LogP contribution in [0.15, 0.2) is 54.6 Å². The van der Waals surface area contributed by atoms with Gasteiger partial charge in [-0.15, -0.1) is 0 Å². The van der Waals surface area contributed by atoms with E-state index in [1.807, 2.05) is 0 Å². The van der Waals surface area contributed by atoms with Gasteiger partial charge in [0.05, 0.1) is 0 Å². The van der Waals surface area contributed by atoms with Crippen molar-refractivity contribution in [3.63, 3.8) is 0 Å². The third-order valence-corrected chi connectivity index (χ3v) is 3.58. The van der Waals surface area contributed by atoms with Crippen LogP contribution in [-0.4, -0.2) is 10.9 Å². The maximum absolute atomic E-state index is 13.7. The van der Waals surface area contributed by atoms with E-state index in [0.717, 1.165) is 5.56 Å². The van der Waals surface area contributed by atoms with Crippen molar-refractivity contribution in [2.24, 2.45) is 0 Å². The fourth-order valence-corrected chi connectivity index (χ4v) is 2.42. The van der Waals surface area contributed by atoms with Gasteiger partial charge in [0.15, 0.2) is 5.78 Å². The molecule has 0 amide bonds. The molecule has 3 aromatic carbocycles. The van der Waals surface area contributed by atoms with Crippen LogP contribution in [0, 0.1) is 5.82 Å². The van der Waals surface area contributed by atoms with Gasteiger partial charge in [-0.05, 0) is 24.6 Å². The Balaban J connectivity index is 2.16. The molecule has 0 bridgehead atoms. The van der Waals surface area contributed by atoms with Crippen molar-refractivity contribution in [3.8, 4) is 16.9 Å². The molecule has 0 aromatic heterocycles. The molecule has 21 heavy (non-hydrogen) atoms. The van der Waals surface area contributed by atoms with Gasteiger partial charge in [0.1, 0.15) is 11.6 Å². The molecule has 0 aliphatic heterocycles. The number of aromatic hydroxyl groups is 1. The summed E-state index contributed by atoms with van der Waals surface area (Å²) in [5.41, 5.74) is 2.01. The van der Waals surface area contributed by atoms with E-state index in [-0.39, 0.29) is 17.3 Å². The highest BCUT2D eigenvalue weighted by molar-refractivity contribution is 5.97. The topological polar surface area (TPSA) is 37.3 Å². The number of fused-ring (bicyclic) bond motifs is 1. The molecule has 0 fully saturated rings. The molecule has 0 saturated carbocycles. The number of phenols is 1. The summed E-state index contributed by atoms with van der Waals surface area (Å²) >= 11 is 0. The first-order valence-corrected chi connectivity index (χ1v) is 6.59. The number of carbonyl (C=O) groups excluding carboxylic acids is 1. The van der Waals surface area contributed by atoms with Crippen molar-refractivity contribution >= 4 is 16.6 Å². The second-order valence-electron chi connectivity index (χ2n) is 4.93. The van der Waals surface area contributed by atoms with Crippen molar-refractivity contribution in [1.29, 1.82) is 0 Å². The van der Waals surface area contributed by atoms with Gasteiger partial charge in [-0.25, -0.2) is 4.39 Å². The van der Waals surface area contributed by atoms with Crippen molar-refractivity contribution in [2.75, 3.05) is 0 Å². The third kappa shape index (κ3) is 2.27. The number of hydrogen-bond donors (Lipinski definition) is 1. The zero-order valence-corrected chi connectivity index (χ0v) is 11.4. The molecule has 3 rings (SSSR count). The molecule has 0 aliphatic rings. The van der Waals surface area contributed by atoms with Crippen LogP contribution >= 0.6 is 0 Å². The van der Waals surface area contributed by atoms with E-state index in [0.29, 0.717) is 21.9 Å². The van der Waals surface area contributed by atoms with Crippen LogP contribution in [0.5, 0.6) is 5.75 Å². The predicted octanol–water partition coefficient (Wildman–Crippen LogP) is 4.55. The fourth-order valence-electron chi connectivity index (χ4n) is 2.42. The largest absolute Gasteiger partial charge is 0.507 e. The van der Waals surface area contributed by atoms with E-state index in [9.17, 15) is 14.3 Å². The zero-order chi connectivity index (χ0) is 15.0. The Hall–Kier alpha value is -2.68. The summed E-state index contributed by atoms with van der Waals surface area (Å²) in [5.74, 6) is -0.324. The van der Waals surface area contributed by atoms with Crippen LogP contribution in [0.2, 0.25) is 0 Å². The SMILES string of the molecule is CC(=O)c1ccc(-c2ccc3c(F)cccc3c2O)cc1. The maximum Gasteiger partial charge on any atom is 0.159 e. The van der Waals surface area contributed by atoms with Gasteiger partial charge in [0.2, 0.25) is 0 Å². The molecule has 3 aromatic rings. The first-order valence-electron chi connectivity index (χ1n) is 6.59. The first-order chi connectivity index (χ1) is 10.1. The molecular formula is C18H13FO2. The standard InChI is InChI=1S/C18H13FO2/c1-11(20)12-5-7-13(8-6-12)14-9-10-15-16(18(14)21)3-2-4-17(15)19/h2-10,21H,1H3. The van der Waals surface area contributed by atoms with Crippen molar-refractivity contribution in [1.82, 2.24) is 0 Å². The van der Waals surface area contributed by atoms with Crippen LogP contribution in [0.25, 0.3) is 21.9 Å². The summed E-state index contributed by atoms with van der Waals surface area (Å²) in [6.45, 7) is 1.51. The van der Waals surface area contributed by atoms with Crippen molar-refractivity contribution in [3.05, 3.63) is 66.0 Å². The normalized spacial score (nSPS) is 10.8. The van der Waals surface area contributed by atoms with Gasteiger partial charge in [-0.3, -0.25) is 4.79 Å². The Morgan fingerprint density at radius 1 is 0.952 bits per heavy atom. The average Bonchev–Trinajstić information content (AvgIpc) is 2.49. The lowest BCUT2D eigenvalue weighted by Crippen LogP contribution is -1.91. The number of rotatable bonds is 2. The lowest BCUT2D eigenvalue weighted by Gasteiger charge is -2.09. The summed E-state index contributed by atoms with van der Waals surface area (Å²) in [6.07, 6.45) is 0. The second kappa shape index (κ2) is 5.02. The van der Waals surface area contributed by atoms with Gasteiger partial charge < -0.3 is 5.11 Å². The molecule has 0 saturated heterocycles. The molecule has 3 heteroatoms. The molecule has 0 unspecified atom stereocenters. The molecule has 104 valence electrons. The first kappa shape index (κ1) is 13.3. The Morgan fingerprint density at radius 2 is 1.67 bits per heavy atom. The van der Waals surface area contributed by atoms with Crippen molar-refractivity contribution in [2.45, 2.75) is 6.92 Å². The molecule has 2 nitrogen and oxygen atoms in total. The summed E-state index contributed by atoms with van der Waals surface area (Å²) in [6, 6.07) is 14.9. The summed E-state index contributed by atoms with van der Waals surface area (Å²) in [7, 11) is 0. The lowest BCUT2D eigenvalue weighted by atomic mass is 9.98. The summed E-state index contributed by atoms with van der Waals surface area (Å²) in [5, 5.41) is 11.2. The van der Waals surface area contributed by atoms with Gasteiger partial charge in [-0.2, -0.15) is 0 Å². The van der Waals surface area contributed by atoms with E-state index in [1.165, 1.54) is 13.0 Å². The average molecular weight is 280 g/mol. The van der Waals surface area contributed by atoms with E-state index in [2.05, 4.69) is 0 Å². The molecule has 0 heterocycles. The lowest BCUT2D eigenvalue weighted by molar-refractivity contribution is 0.101. The van der Waals surface area contributed by atoms with Crippen LogP contribution in [0.1, 0.15) is 17.3 Å². The number of halogens is 1. The Bertz CT molecular complexity index is 836. The minimum Gasteiger partial charge on any atom is -0.507 e. The number of hydrogen-bond acceptors (Lipinski definition) is 2. The minimum absolute atomic E-state index is 0.00801. The quantitative estimate of drug-likeness (QED) is 0.699. The van der Waals surface area contributed by atoms with Gasteiger partial charge in [-0.1, -0.05) is 42.5 Å². The number of benzene rings is 3. The molecule has 0 atom stereocenters. The number of carbonyl (C=O) groups is 1. The monoisotopic (exact) mass is 280 g/mol. The summed E-state index contributed by atoms with van der Waals surface area (Å²) in [4.78, 5) is 11.3. The summed E-state index contributed by atoms with van der Waals surface area (Å²) < 4.78 is 13.7. The number of Topliss-reactive ketones (excluding diaryl/α,β-unsaturated/α-hetero) is 1. The zero-order valence-electron chi connectivity index (χ0n) is 11.4. The third-order valence-electron chi connectivity index (χ3n) is 3.58. The highest BCUT2D eigenvalue weighted by Crippen LogP contribution is 2.36. The molecule has 0 radical (unpaired) electrons. The van der Waals surface area contributed by atoms with E-state index in [4.69, 9.17) is 0 Å². The Labute approximate surface area is 121 Å². The van der Waals surface area contributed by atoms with Crippen LogP contribution < -0.4 is 0 Å². The Kier molecular flexibility index (Phi) is 3.18. The second-order valence-corrected chi connectivity index (χ2v) is 4.93. The predicted molar refractivity (Wildman–Crippen MR) is 81.0 cm³/mol. The molecule has 0 aliphatic carbocycles. The minimum atomic E-state index is -0.360. The van der Waals surface area contributed by atoms with E-state index >= 15 is 0 Å². The van der Waals surface area contributed by atoms with Crippen LogP contribution in [0.3, 0.4) is 0 Å². The smallest absolute Gasteiger partial charge is 0.159 e. The van der Waals surface area contributed by atoms with Gasteiger partial charge in [0.25, 0.3) is 0 Å². The number of phenolic OH excluding ortho intramolecular Hbond substituents is 1. The fraction of sp³-hybridized carbons (Fsp3) is 0.0556. The number of ketones is 1. The molecule has 1 N–H and O–H groups in total. The van der Waals surface area contributed by atoms with E-state index < -0.39 is 0 Å². The maximum atomic E-state index is 13.7. The van der Waals surface area contributed by atoms with Gasteiger partial charge >= 0.3 is 0 Å². The highest BCUT2D eigenvalue weighted by atomic mass is 19.1. The van der Waals surface area contributed by atoms with Crippen LogP contribution in [0.4, 0.5) is 4.39 Å². The Morgan fingerprint density at radius 3 is 2.33 bits per heavy atom. The van der Waals surface area contributed by atoms with Gasteiger partial charge in [0, 0.05) is 21.9 Å². The molecular weight excluding hydrogens is 267 g/mol. The van der Waals surface area contributed by atoms with Crippen molar-refractivity contribution < 1.29 is 14.3 Å². The highest BCUT2D eigenvalue weighted by Gasteiger charge is 2.11. The van der Waals surface area contributed by atoms with E-state index in [1.54, 1.807) is 48.5 Å².